The molecular weight excluding hydrogens is 178 g/mol. The molecule has 0 spiro atoms. The molecule has 0 saturated heterocycles. The average Bonchev–Trinajstić information content (AvgIpc) is 2.16. The first-order valence-electron chi connectivity index (χ1n) is 5.49. The topological polar surface area (TPSA) is 49.3 Å². The second-order valence-corrected chi connectivity index (χ2v) is 4.90. The minimum absolute atomic E-state index is 0.544. The highest BCUT2D eigenvalue weighted by Crippen LogP contribution is 2.19. The van der Waals surface area contributed by atoms with Crippen LogP contribution in [-0.2, 0) is 4.79 Å². The summed E-state index contributed by atoms with van der Waals surface area (Å²) < 4.78 is 0. The fourth-order valence-corrected chi connectivity index (χ4v) is 1.78. The average molecular weight is 199 g/mol. The second kappa shape index (κ2) is 4.78. The van der Waals surface area contributed by atoms with Gasteiger partial charge < -0.3 is 10.4 Å². The maximum absolute atomic E-state index is 10.9. The molecule has 0 aliphatic heterocycles. The van der Waals surface area contributed by atoms with E-state index in [0.717, 1.165) is 0 Å². The third-order valence-corrected chi connectivity index (χ3v) is 3.02. The molecule has 0 bridgehead atoms. The van der Waals surface area contributed by atoms with Crippen molar-refractivity contribution in [1.82, 2.24) is 5.32 Å². The Balaban J connectivity index is 2.28. The molecule has 0 aromatic carbocycles. The maximum Gasteiger partial charge on any atom is 0.310 e. The lowest BCUT2D eigenvalue weighted by Crippen LogP contribution is -2.41. The lowest BCUT2D eigenvalue weighted by atomic mass is 9.91. The summed E-state index contributed by atoms with van der Waals surface area (Å²) in [7, 11) is 0. The number of aliphatic carboxylic acids is 1. The zero-order chi connectivity index (χ0) is 10.6. The molecule has 1 aliphatic carbocycles. The third kappa shape index (κ3) is 3.29. The van der Waals surface area contributed by atoms with Crippen molar-refractivity contribution < 1.29 is 9.90 Å². The molecule has 3 heteroatoms. The van der Waals surface area contributed by atoms with Crippen molar-refractivity contribution in [2.45, 2.75) is 52.0 Å². The Labute approximate surface area is 85.9 Å². The summed E-state index contributed by atoms with van der Waals surface area (Å²) in [5.41, 5.74) is -0.641. The van der Waals surface area contributed by atoms with E-state index in [0.29, 0.717) is 12.6 Å². The summed E-state index contributed by atoms with van der Waals surface area (Å²) in [6.07, 6.45) is 6.31. The van der Waals surface area contributed by atoms with Crippen molar-refractivity contribution in [3.63, 3.8) is 0 Å². The standard InChI is InChI=1S/C11H21NO2/c1-11(2,10(13)14)8-12-9-6-4-3-5-7-9/h9,12H,3-8H2,1-2H3,(H,13,14). The number of rotatable bonds is 4. The van der Waals surface area contributed by atoms with Crippen molar-refractivity contribution in [1.29, 1.82) is 0 Å². The first-order chi connectivity index (χ1) is 6.52. The Morgan fingerprint density at radius 1 is 1.36 bits per heavy atom. The van der Waals surface area contributed by atoms with Crippen LogP contribution in [-0.4, -0.2) is 23.7 Å². The number of carboxylic acid groups (broad SMARTS) is 1. The van der Waals surface area contributed by atoms with Gasteiger partial charge in [0.1, 0.15) is 0 Å². The molecule has 0 atom stereocenters. The molecule has 0 aromatic rings. The molecule has 1 saturated carbocycles. The molecule has 82 valence electrons. The summed E-state index contributed by atoms with van der Waals surface area (Å²) >= 11 is 0. The van der Waals surface area contributed by atoms with E-state index in [9.17, 15) is 4.79 Å². The molecular formula is C11H21NO2. The Morgan fingerprint density at radius 3 is 2.43 bits per heavy atom. The van der Waals surface area contributed by atoms with Crippen molar-refractivity contribution in [3.8, 4) is 0 Å². The van der Waals surface area contributed by atoms with E-state index in [1.165, 1.54) is 32.1 Å². The van der Waals surface area contributed by atoms with Crippen molar-refractivity contribution >= 4 is 5.97 Å². The van der Waals surface area contributed by atoms with Crippen LogP contribution in [0.5, 0.6) is 0 Å². The largest absolute Gasteiger partial charge is 0.481 e. The summed E-state index contributed by atoms with van der Waals surface area (Å²) in [5.74, 6) is -0.721. The van der Waals surface area contributed by atoms with Crippen LogP contribution in [0, 0.1) is 5.41 Å². The lowest BCUT2D eigenvalue weighted by molar-refractivity contribution is -0.146. The molecule has 1 fully saturated rings. The van der Waals surface area contributed by atoms with Gasteiger partial charge in [-0.15, -0.1) is 0 Å². The Morgan fingerprint density at radius 2 is 1.93 bits per heavy atom. The molecule has 0 heterocycles. The van der Waals surface area contributed by atoms with Gasteiger partial charge in [-0.25, -0.2) is 0 Å². The van der Waals surface area contributed by atoms with E-state index >= 15 is 0 Å². The molecule has 1 aliphatic rings. The Hall–Kier alpha value is -0.570. The second-order valence-electron chi connectivity index (χ2n) is 4.90. The first-order valence-corrected chi connectivity index (χ1v) is 5.49. The van der Waals surface area contributed by atoms with E-state index in [-0.39, 0.29) is 0 Å². The van der Waals surface area contributed by atoms with Crippen molar-refractivity contribution in [2.24, 2.45) is 5.41 Å². The van der Waals surface area contributed by atoms with Gasteiger partial charge in [-0.2, -0.15) is 0 Å². The zero-order valence-corrected chi connectivity index (χ0v) is 9.18. The number of hydrogen-bond donors (Lipinski definition) is 2. The van der Waals surface area contributed by atoms with E-state index in [1.54, 1.807) is 13.8 Å². The van der Waals surface area contributed by atoms with Gasteiger partial charge >= 0.3 is 5.97 Å². The molecule has 0 amide bonds. The highest BCUT2D eigenvalue weighted by Gasteiger charge is 2.27. The zero-order valence-electron chi connectivity index (χ0n) is 9.18. The van der Waals surface area contributed by atoms with E-state index in [2.05, 4.69) is 5.32 Å². The fraction of sp³-hybridized carbons (Fsp3) is 0.909. The number of hydrogen-bond acceptors (Lipinski definition) is 2. The van der Waals surface area contributed by atoms with Crippen molar-refractivity contribution in [3.05, 3.63) is 0 Å². The predicted octanol–water partition coefficient (Wildman–Crippen LogP) is 2.02. The van der Waals surface area contributed by atoms with Crippen LogP contribution in [0.1, 0.15) is 46.0 Å². The Kier molecular flexibility index (Phi) is 3.93. The van der Waals surface area contributed by atoms with Gasteiger partial charge in [0, 0.05) is 12.6 Å². The smallest absolute Gasteiger partial charge is 0.310 e. The molecule has 3 nitrogen and oxygen atoms in total. The summed E-state index contributed by atoms with van der Waals surface area (Å²) in [5, 5.41) is 12.3. The molecule has 1 rings (SSSR count). The summed E-state index contributed by atoms with van der Waals surface area (Å²) in [4.78, 5) is 10.9. The van der Waals surface area contributed by atoms with Crippen LogP contribution in [0.4, 0.5) is 0 Å². The maximum atomic E-state index is 10.9. The van der Waals surface area contributed by atoms with Crippen LogP contribution < -0.4 is 5.32 Å². The van der Waals surface area contributed by atoms with Crippen LogP contribution in [0.15, 0.2) is 0 Å². The van der Waals surface area contributed by atoms with E-state index in [1.807, 2.05) is 0 Å². The molecule has 0 radical (unpaired) electrons. The molecule has 0 unspecified atom stereocenters. The van der Waals surface area contributed by atoms with Gasteiger partial charge in [0.2, 0.25) is 0 Å². The Bertz CT molecular complexity index is 195. The molecule has 0 aromatic heterocycles. The SMILES string of the molecule is CC(C)(CNC1CCCCC1)C(=O)O. The van der Waals surface area contributed by atoms with Crippen molar-refractivity contribution in [2.75, 3.05) is 6.54 Å². The van der Waals surface area contributed by atoms with Gasteiger partial charge in [-0.3, -0.25) is 4.79 Å². The number of nitrogens with one attached hydrogen (secondary N) is 1. The van der Waals surface area contributed by atoms with Crippen LogP contribution in [0.25, 0.3) is 0 Å². The third-order valence-electron chi connectivity index (χ3n) is 3.02. The minimum Gasteiger partial charge on any atom is -0.481 e. The summed E-state index contributed by atoms with van der Waals surface area (Å²) in [6.45, 7) is 4.11. The van der Waals surface area contributed by atoms with Gasteiger partial charge in [-0.05, 0) is 26.7 Å². The van der Waals surface area contributed by atoms with Crippen LogP contribution >= 0.6 is 0 Å². The van der Waals surface area contributed by atoms with Crippen LogP contribution in [0.3, 0.4) is 0 Å². The molecule has 2 N–H and O–H groups in total. The normalized spacial score (nSPS) is 19.6. The lowest BCUT2D eigenvalue weighted by Gasteiger charge is -2.27. The highest BCUT2D eigenvalue weighted by molar-refractivity contribution is 5.73. The summed E-state index contributed by atoms with van der Waals surface area (Å²) in [6, 6.07) is 0.544. The predicted molar refractivity (Wildman–Crippen MR) is 56.3 cm³/mol. The van der Waals surface area contributed by atoms with Gasteiger partial charge in [-0.1, -0.05) is 19.3 Å². The molecule has 14 heavy (non-hydrogen) atoms. The van der Waals surface area contributed by atoms with Gasteiger partial charge in [0.05, 0.1) is 5.41 Å². The van der Waals surface area contributed by atoms with Gasteiger partial charge in [0.25, 0.3) is 0 Å². The van der Waals surface area contributed by atoms with Crippen LogP contribution in [0.2, 0.25) is 0 Å². The highest BCUT2D eigenvalue weighted by atomic mass is 16.4. The quantitative estimate of drug-likeness (QED) is 0.728. The first kappa shape index (κ1) is 11.5. The van der Waals surface area contributed by atoms with Gasteiger partial charge in [0.15, 0.2) is 0 Å². The monoisotopic (exact) mass is 199 g/mol. The van der Waals surface area contributed by atoms with E-state index < -0.39 is 11.4 Å². The number of carbonyl (C=O) groups is 1. The van der Waals surface area contributed by atoms with E-state index in [4.69, 9.17) is 5.11 Å². The minimum atomic E-state index is -0.721. The number of carboxylic acids is 1. The fourth-order valence-electron chi connectivity index (χ4n) is 1.78.